The van der Waals surface area contributed by atoms with E-state index in [2.05, 4.69) is 15.3 Å². The van der Waals surface area contributed by atoms with Crippen LogP contribution in [0, 0.1) is 12.8 Å². The molecule has 1 unspecified atom stereocenters. The first-order valence-corrected chi connectivity index (χ1v) is 10.1. The van der Waals surface area contributed by atoms with E-state index in [1.54, 1.807) is 24.7 Å². The average molecular weight is 383 g/mol. The predicted molar refractivity (Wildman–Crippen MR) is 104 cm³/mol. The second-order valence-electron chi connectivity index (χ2n) is 6.77. The van der Waals surface area contributed by atoms with Crippen LogP contribution < -0.4 is 5.32 Å². The number of fused-ring (bicyclic) bond motifs is 1. The third kappa shape index (κ3) is 3.60. The molecule has 7 heteroatoms. The molecule has 0 saturated heterocycles. The smallest absolute Gasteiger partial charge is 0.231 e. The first-order chi connectivity index (χ1) is 12.9. The van der Waals surface area contributed by atoms with Gasteiger partial charge in [-0.05, 0) is 48.1 Å². The second-order valence-corrected chi connectivity index (χ2v) is 8.10. The van der Waals surface area contributed by atoms with Crippen LogP contribution in [0.15, 0.2) is 47.8 Å². The van der Waals surface area contributed by atoms with E-state index in [1.807, 2.05) is 31.2 Å². The van der Waals surface area contributed by atoms with Gasteiger partial charge in [0.1, 0.15) is 17.0 Å². The summed E-state index contributed by atoms with van der Waals surface area (Å²) in [6.45, 7) is 1.96. The molecule has 4 rings (SSSR count). The van der Waals surface area contributed by atoms with E-state index in [-0.39, 0.29) is 5.91 Å². The lowest BCUT2D eigenvalue weighted by Crippen LogP contribution is -2.15. The normalized spacial score (nSPS) is 19.7. The number of pyridine rings is 2. The topological polar surface area (TPSA) is 72.0 Å². The fourth-order valence-electron chi connectivity index (χ4n) is 3.02. The fraction of sp³-hybridized carbons (Fsp3) is 0.250. The highest BCUT2D eigenvalue weighted by Crippen LogP contribution is 2.35. The number of aryl methyl sites for hydroxylation is 1. The SMILES string of the molecule is Cc1cc(S(C)=O)ncc1-c1ccc2cc(NC(=O)[C@@H]3C[C@@H]3F)ncc2c1. The van der Waals surface area contributed by atoms with Crippen LogP contribution in [0.2, 0.25) is 0 Å². The van der Waals surface area contributed by atoms with Crippen molar-refractivity contribution in [3.05, 3.63) is 48.3 Å². The van der Waals surface area contributed by atoms with Crippen LogP contribution in [0.3, 0.4) is 0 Å². The van der Waals surface area contributed by atoms with E-state index < -0.39 is 22.9 Å². The summed E-state index contributed by atoms with van der Waals surface area (Å²) in [5.41, 5.74) is 2.94. The number of nitrogens with zero attached hydrogens (tertiary/aromatic N) is 2. The first kappa shape index (κ1) is 17.7. The Morgan fingerprint density at radius 2 is 1.96 bits per heavy atom. The van der Waals surface area contributed by atoms with Crippen molar-refractivity contribution in [2.75, 3.05) is 11.6 Å². The van der Waals surface area contributed by atoms with Gasteiger partial charge in [0, 0.05) is 29.6 Å². The number of halogens is 1. The number of rotatable bonds is 4. The van der Waals surface area contributed by atoms with Crippen LogP contribution in [0.25, 0.3) is 21.9 Å². The molecule has 0 radical (unpaired) electrons. The Morgan fingerprint density at radius 3 is 2.63 bits per heavy atom. The maximum Gasteiger partial charge on any atom is 0.231 e. The average Bonchev–Trinajstić information content (AvgIpc) is 3.38. The number of aromatic nitrogens is 2. The van der Waals surface area contributed by atoms with E-state index in [9.17, 15) is 13.4 Å². The molecule has 138 valence electrons. The fourth-order valence-corrected chi connectivity index (χ4v) is 3.57. The highest BCUT2D eigenvalue weighted by Gasteiger charge is 2.43. The molecule has 5 nitrogen and oxygen atoms in total. The van der Waals surface area contributed by atoms with Crippen molar-refractivity contribution in [2.45, 2.75) is 24.5 Å². The van der Waals surface area contributed by atoms with Crippen LogP contribution >= 0.6 is 0 Å². The van der Waals surface area contributed by atoms with E-state index >= 15 is 0 Å². The Hall–Kier alpha value is -2.67. The third-order valence-corrected chi connectivity index (χ3v) is 5.53. The molecule has 1 aliphatic carbocycles. The summed E-state index contributed by atoms with van der Waals surface area (Å²) in [7, 11) is -1.11. The van der Waals surface area contributed by atoms with Gasteiger partial charge in [-0.3, -0.25) is 9.00 Å². The number of anilines is 1. The van der Waals surface area contributed by atoms with Gasteiger partial charge >= 0.3 is 0 Å². The summed E-state index contributed by atoms with van der Waals surface area (Å²) < 4.78 is 24.6. The predicted octanol–water partition coefficient (Wildman–Crippen LogP) is 3.64. The maximum atomic E-state index is 13.0. The zero-order valence-corrected chi connectivity index (χ0v) is 15.7. The number of hydrogen-bond acceptors (Lipinski definition) is 4. The number of nitrogens with one attached hydrogen (secondary N) is 1. The van der Waals surface area contributed by atoms with Crippen molar-refractivity contribution in [3.8, 4) is 11.1 Å². The zero-order valence-electron chi connectivity index (χ0n) is 14.9. The van der Waals surface area contributed by atoms with Gasteiger partial charge in [-0.15, -0.1) is 0 Å². The Morgan fingerprint density at radius 1 is 1.19 bits per heavy atom. The van der Waals surface area contributed by atoms with Gasteiger partial charge in [0.15, 0.2) is 0 Å². The molecule has 1 saturated carbocycles. The minimum absolute atomic E-state index is 0.292. The molecule has 1 fully saturated rings. The van der Waals surface area contributed by atoms with Crippen LogP contribution in [-0.4, -0.2) is 32.5 Å². The molecule has 1 N–H and O–H groups in total. The molecular weight excluding hydrogens is 365 g/mol. The molecule has 2 aromatic heterocycles. The number of amides is 1. The molecule has 0 aliphatic heterocycles. The lowest BCUT2D eigenvalue weighted by Gasteiger charge is -2.09. The van der Waals surface area contributed by atoms with Gasteiger partial charge < -0.3 is 5.32 Å². The highest BCUT2D eigenvalue weighted by molar-refractivity contribution is 7.84. The van der Waals surface area contributed by atoms with Gasteiger partial charge in [-0.1, -0.05) is 12.1 Å². The first-order valence-electron chi connectivity index (χ1n) is 8.57. The Kier molecular flexibility index (Phi) is 4.47. The summed E-state index contributed by atoms with van der Waals surface area (Å²) in [5.74, 6) is -0.436. The highest BCUT2D eigenvalue weighted by atomic mass is 32.2. The molecule has 1 amide bonds. The number of benzene rings is 1. The molecule has 27 heavy (non-hydrogen) atoms. The summed E-state index contributed by atoms with van der Waals surface area (Å²) in [6.07, 6.45) is 4.29. The molecule has 0 bridgehead atoms. The minimum atomic E-state index is -1.11. The molecule has 3 aromatic rings. The van der Waals surface area contributed by atoms with Crippen molar-refractivity contribution in [1.29, 1.82) is 0 Å². The summed E-state index contributed by atoms with van der Waals surface area (Å²) >= 11 is 0. The summed E-state index contributed by atoms with van der Waals surface area (Å²) in [4.78, 5) is 20.4. The Bertz CT molecular complexity index is 1090. The van der Waals surface area contributed by atoms with Gasteiger partial charge in [0.2, 0.25) is 5.91 Å². The number of alkyl halides is 1. The lowest BCUT2D eigenvalue weighted by molar-refractivity contribution is -0.117. The number of carbonyl (C=O) groups is 1. The molecule has 1 aromatic carbocycles. The molecule has 3 atom stereocenters. The van der Waals surface area contributed by atoms with E-state index in [0.717, 1.165) is 27.5 Å². The third-order valence-electron chi connectivity index (χ3n) is 4.71. The van der Waals surface area contributed by atoms with Crippen LogP contribution in [-0.2, 0) is 15.6 Å². The molecule has 2 heterocycles. The van der Waals surface area contributed by atoms with Crippen molar-refractivity contribution in [2.24, 2.45) is 5.92 Å². The second kappa shape index (κ2) is 6.81. The monoisotopic (exact) mass is 383 g/mol. The van der Waals surface area contributed by atoms with E-state index in [4.69, 9.17) is 0 Å². The van der Waals surface area contributed by atoms with Crippen molar-refractivity contribution in [1.82, 2.24) is 9.97 Å². The standard InChI is InChI=1S/C20H18FN3O2S/c1-11-5-19(27(2)26)23-10-16(11)13-4-3-12-7-18(22-9-14(12)6-13)24-20(25)15-8-17(15)21/h3-7,9-10,15,17H,8H2,1-2H3,(H,22,24,25)/t15-,17+,27?/m1/s1. The maximum absolute atomic E-state index is 13.0. The summed E-state index contributed by atoms with van der Waals surface area (Å²) in [6, 6.07) is 9.53. The van der Waals surface area contributed by atoms with Crippen molar-refractivity contribution >= 4 is 33.3 Å². The quantitative estimate of drug-likeness (QED) is 0.747. The number of hydrogen-bond donors (Lipinski definition) is 1. The molecular formula is C20H18FN3O2S. The van der Waals surface area contributed by atoms with Crippen molar-refractivity contribution < 1.29 is 13.4 Å². The van der Waals surface area contributed by atoms with Crippen LogP contribution in [0.4, 0.5) is 10.2 Å². The molecule has 1 aliphatic rings. The molecule has 0 spiro atoms. The van der Waals surface area contributed by atoms with Gasteiger partial charge in [-0.2, -0.15) is 0 Å². The minimum Gasteiger partial charge on any atom is -0.310 e. The largest absolute Gasteiger partial charge is 0.310 e. The van der Waals surface area contributed by atoms with Gasteiger partial charge in [0.05, 0.1) is 16.7 Å². The van der Waals surface area contributed by atoms with Crippen LogP contribution in [0.1, 0.15) is 12.0 Å². The van der Waals surface area contributed by atoms with E-state index in [0.29, 0.717) is 17.3 Å². The lowest BCUT2D eigenvalue weighted by atomic mass is 10.0. The van der Waals surface area contributed by atoms with Crippen LogP contribution in [0.5, 0.6) is 0 Å². The van der Waals surface area contributed by atoms with E-state index in [1.165, 1.54) is 0 Å². The zero-order chi connectivity index (χ0) is 19.1. The Labute approximate surface area is 158 Å². The van der Waals surface area contributed by atoms with Crippen molar-refractivity contribution in [3.63, 3.8) is 0 Å². The number of carbonyl (C=O) groups excluding carboxylic acids is 1. The van der Waals surface area contributed by atoms with Gasteiger partial charge in [-0.25, -0.2) is 14.4 Å². The Balaban J connectivity index is 1.62. The van der Waals surface area contributed by atoms with Gasteiger partial charge in [0.25, 0.3) is 0 Å². The summed E-state index contributed by atoms with van der Waals surface area (Å²) in [5, 5.41) is 5.07.